The van der Waals surface area contributed by atoms with Gasteiger partial charge in [0, 0.05) is 20.0 Å². The van der Waals surface area contributed by atoms with E-state index in [1.54, 1.807) is 0 Å². The molecule has 1 fully saturated rings. The third-order valence-corrected chi connectivity index (χ3v) is 12.6. The molecule has 3 rings (SSSR count). The molecule has 1 unspecified atom stereocenters. The lowest BCUT2D eigenvalue weighted by molar-refractivity contribution is -0.262. The van der Waals surface area contributed by atoms with Gasteiger partial charge >= 0.3 is 22.3 Å². The first kappa shape index (κ1) is 55.9. The summed E-state index contributed by atoms with van der Waals surface area (Å²) >= 11 is 0. The summed E-state index contributed by atoms with van der Waals surface area (Å²) < 4.78 is 61.8. The molecule has 65 heavy (non-hydrogen) atoms. The van der Waals surface area contributed by atoms with E-state index in [-0.39, 0.29) is 25.2 Å². The smallest absolute Gasteiger partial charge is 0.397 e. The highest BCUT2D eigenvalue weighted by atomic mass is 32.3. The van der Waals surface area contributed by atoms with Gasteiger partial charge in [0.25, 0.3) is 0 Å². The molecule has 6 atom stereocenters. The Hall–Kier alpha value is -3.40. The summed E-state index contributed by atoms with van der Waals surface area (Å²) in [5, 5.41) is 12.9. The second-order valence-electron chi connectivity index (χ2n) is 17.6. The number of aliphatic hydroxyl groups is 1. The lowest BCUT2D eigenvalue weighted by Crippen LogP contribution is -2.66. The zero-order valence-electron chi connectivity index (χ0n) is 39.4. The minimum Gasteiger partial charge on any atom is -0.462 e. The highest BCUT2D eigenvalue weighted by Gasteiger charge is 2.51. The summed E-state index contributed by atoms with van der Waals surface area (Å²) in [6.45, 7) is 1.43. The molecule has 0 bridgehead atoms. The first-order valence-electron chi connectivity index (χ1n) is 24.7. The number of rotatable bonds is 37. The fourth-order valence-corrected chi connectivity index (χ4v) is 9.01. The van der Waals surface area contributed by atoms with E-state index >= 15 is 0 Å². The first-order valence-corrected chi connectivity index (χ1v) is 26.1. The molecule has 2 aromatic rings. The fourth-order valence-electron chi connectivity index (χ4n) is 8.49. The van der Waals surface area contributed by atoms with Gasteiger partial charge in [-0.05, 0) is 62.5 Å². The third kappa shape index (κ3) is 25.4. The van der Waals surface area contributed by atoms with E-state index in [0.29, 0.717) is 19.3 Å². The predicted octanol–water partition coefficient (Wildman–Crippen LogP) is 10.1. The maximum atomic E-state index is 13.9. The number of esters is 2. The number of hydrogen-bond donors (Lipinski definition) is 3. The van der Waals surface area contributed by atoms with Gasteiger partial charge in [-0.15, -0.1) is 0 Å². The summed E-state index contributed by atoms with van der Waals surface area (Å²) in [7, 11) is -3.85. The zero-order valence-corrected chi connectivity index (χ0v) is 40.2. The normalized spacial score (nSPS) is 19.1. The van der Waals surface area contributed by atoms with Crippen molar-refractivity contribution in [1.29, 1.82) is 0 Å². The monoisotopic (exact) mass is 932 g/mol. The first-order chi connectivity index (χ1) is 31.5. The van der Waals surface area contributed by atoms with Crippen molar-refractivity contribution in [2.75, 3.05) is 13.7 Å². The van der Waals surface area contributed by atoms with Crippen molar-refractivity contribution in [3.05, 3.63) is 71.8 Å². The number of ether oxygens (including phenoxy) is 4. The summed E-state index contributed by atoms with van der Waals surface area (Å²) in [5.74, 6) is -1.63. The SMILES string of the molecule is CCCCCCCCCCCC(CC(=O)N[C@H]1[C@H](OC)O[C@H](CO)[C@@H](OS(=O)(=O)O)[C@@H]1OC(=O)CCCCCCCCc1ccccc1)OC(=O)CCCCCCCCc1ccccc1. The Morgan fingerprint density at radius 3 is 1.63 bits per heavy atom. The average Bonchev–Trinajstić information content (AvgIpc) is 3.28. The molecule has 14 heteroatoms. The minimum atomic E-state index is -5.14. The van der Waals surface area contributed by atoms with Crippen LogP contribution in [0.15, 0.2) is 60.7 Å². The highest BCUT2D eigenvalue weighted by molar-refractivity contribution is 7.80. The van der Waals surface area contributed by atoms with Crippen LogP contribution in [0.3, 0.4) is 0 Å². The molecule has 368 valence electrons. The largest absolute Gasteiger partial charge is 0.462 e. The zero-order chi connectivity index (χ0) is 47.0. The molecular formula is C51H81NO12S. The second-order valence-corrected chi connectivity index (χ2v) is 18.7. The van der Waals surface area contributed by atoms with Crippen molar-refractivity contribution in [3.8, 4) is 0 Å². The maximum Gasteiger partial charge on any atom is 0.397 e. The number of aliphatic hydroxyl groups excluding tert-OH is 1. The summed E-state index contributed by atoms with van der Waals surface area (Å²) in [6, 6.07) is 19.5. The Balaban J connectivity index is 1.58. The van der Waals surface area contributed by atoms with E-state index < -0.39 is 65.6 Å². The number of unbranched alkanes of at least 4 members (excludes halogenated alkanes) is 18. The van der Waals surface area contributed by atoms with Gasteiger partial charge < -0.3 is 29.4 Å². The summed E-state index contributed by atoms with van der Waals surface area (Å²) in [5.41, 5.74) is 2.65. The molecule has 0 saturated carbocycles. The van der Waals surface area contributed by atoms with Gasteiger partial charge in [0.15, 0.2) is 12.4 Å². The summed E-state index contributed by atoms with van der Waals surface area (Å²) in [4.78, 5) is 40.3. The molecule has 0 aromatic heterocycles. The molecule has 1 aliphatic rings. The van der Waals surface area contributed by atoms with Gasteiger partial charge in [-0.1, -0.05) is 170 Å². The van der Waals surface area contributed by atoms with E-state index in [2.05, 4.69) is 48.6 Å². The van der Waals surface area contributed by atoms with E-state index in [1.807, 2.05) is 24.3 Å². The number of methoxy groups -OCH3 is 1. The standard InChI is InChI=1S/C51H81NO12S/c1-3-4-5-6-7-8-9-16-27-36-43(61-46(55)37-28-17-12-10-14-21-30-41-32-23-19-24-33-41)39-45(54)52-48-50(49(64-65(57,58)59)44(40-53)62-51(48)60-2)63-47(56)38-29-18-13-11-15-22-31-42-34-25-20-26-35-42/h19-20,23-26,32-35,43-44,48-51,53H,3-18,21-22,27-31,36-40H2,1-2H3,(H,52,54)(H,57,58,59)/t43?,44-,48-,49-,50-,51-/m1/s1. The van der Waals surface area contributed by atoms with Crippen LogP contribution in [0.5, 0.6) is 0 Å². The van der Waals surface area contributed by atoms with Crippen LogP contribution in [0.1, 0.15) is 179 Å². The van der Waals surface area contributed by atoms with E-state index in [4.69, 9.17) is 23.1 Å². The molecule has 2 aromatic carbocycles. The van der Waals surface area contributed by atoms with Crippen LogP contribution < -0.4 is 5.32 Å². The van der Waals surface area contributed by atoms with Crippen molar-refractivity contribution in [1.82, 2.24) is 5.32 Å². The molecule has 1 amide bonds. The van der Waals surface area contributed by atoms with E-state index in [1.165, 1.54) is 50.3 Å². The van der Waals surface area contributed by atoms with Crippen LogP contribution in [0.4, 0.5) is 0 Å². The van der Waals surface area contributed by atoms with Crippen LogP contribution in [-0.2, 0) is 60.8 Å². The lowest BCUT2D eigenvalue weighted by atomic mass is 9.96. The Morgan fingerprint density at radius 2 is 1.14 bits per heavy atom. The lowest BCUT2D eigenvalue weighted by Gasteiger charge is -2.44. The topological polar surface area (TPSA) is 184 Å². The molecule has 13 nitrogen and oxygen atoms in total. The molecule has 1 saturated heterocycles. The van der Waals surface area contributed by atoms with Gasteiger partial charge in [-0.3, -0.25) is 18.9 Å². The fraction of sp³-hybridized carbons (Fsp3) is 0.706. The Bertz CT molecular complexity index is 1660. The predicted molar refractivity (Wildman–Crippen MR) is 252 cm³/mol. The van der Waals surface area contributed by atoms with Gasteiger partial charge in [0.1, 0.15) is 24.4 Å². The van der Waals surface area contributed by atoms with Crippen molar-refractivity contribution >= 4 is 28.2 Å². The second kappa shape index (κ2) is 34.0. The van der Waals surface area contributed by atoms with Gasteiger partial charge in [-0.25, -0.2) is 4.18 Å². The molecular weight excluding hydrogens is 851 g/mol. The molecule has 0 spiro atoms. The Kier molecular flexibility index (Phi) is 29.2. The van der Waals surface area contributed by atoms with Crippen molar-refractivity contribution < 1.29 is 55.6 Å². The van der Waals surface area contributed by atoms with E-state index in [9.17, 15) is 32.5 Å². The Morgan fingerprint density at radius 1 is 0.662 bits per heavy atom. The number of hydrogen-bond acceptors (Lipinski definition) is 11. The Labute approximate surface area is 390 Å². The highest BCUT2D eigenvalue weighted by Crippen LogP contribution is 2.29. The van der Waals surface area contributed by atoms with Crippen LogP contribution in [0.25, 0.3) is 0 Å². The van der Waals surface area contributed by atoms with E-state index in [0.717, 1.165) is 103 Å². The number of aryl methyl sites for hydroxylation is 2. The molecule has 1 heterocycles. The van der Waals surface area contributed by atoms with Crippen LogP contribution in [0, 0.1) is 0 Å². The van der Waals surface area contributed by atoms with Crippen LogP contribution in [0.2, 0.25) is 0 Å². The van der Waals surface area contributed by atoms with Crippen LogP contribution in [-0.4, -0.2) is 86.4 Å². The number of nitrogens with one attached hydrogen (secondary N) is 1. The van der Waals surface area contributed by atoms with Gasteiger partial charge in [0.05, 0.1) is 13.0 Å². The van der Waals surface area contributed by atoms with Crippen molar-refractivity contribution in [2.45, 2.75) is 217 Å². The quantitative estimate of drug-likeness (QED) is 0.0332. The van der Waals surface area contributed by atoms with Gasteiger partial charge in [-0.2, -0.15) is 8.42 Å². The van der Waals surface area contributed by atoms with Crippen molar-refractivity contribution in [2.24, 2.45) is 0 Å². The number of benzene rings is 2. The minimum absolute atomic E-state index is 0.00704. The number of amides is 1. The third-order valence-electron chi connectivity index (χ3n) is 12.1. The molecule has 3 N–H and O–H groups in total. The summed E-state index contributed by atoms with van der Waals surface area (Å²) in [6.07, 6.45) is 17.1. The maximum absolute atomic E-state index is 13.9. The molecule has 0 aliphatic carbocycles. The number of carbonyl (C=O) groups excluding carboxylic acids is 3. The average molecular weight is 932 g/mol. The molecule has 0 radical (unpaired) electrons. The number of carbonyl (C=O) groups is 3. The van der Waals surface area contributed by atoms with Gasteiger partial charge in [0.2, 0.25) is 5.91 Å². The van der Waals surface area contributed by atoms with Crippen molar-refractivity contribution in [3.63, 3.8) is 0 Å². The van der Waals surface area contributed by atoms with Crippen LogP contribution >= 0.6 is 0 Å². The molecule has 1 aliphatic heterocycles.